The molecule has 2 aromatic heterocycles. The number of likely N-dealkylation sites (tertiary alicyclic amines) is 1. The fraction of sp³-hybridized carbons (Fsp3) is 0.396. The number of aromatic nitrogens is 4. The van der Waals surface area contributed by atoms with Crippen LogP contribution in [0, 0.1) is 12.3 Å². The molecule has 330 valence electrons. The number of rotatable bonds is 16. The van der Waals surface area contributed by atoms with Gasteiger partial charge in [-0.25, -0.2) is 24.5 Å². The molecule has 4 atom stereocenters. The number of terminal acetylenes is 1. The molecule has 3 aromatic carbocycles. The molecule has 63 heavy (non-hydrogen) atoms. The van der Waals surface area contributed by atoms with Crippen molar-refractivity contribution in [2.45, 2.75) is 82.5 Å². The Bertz CT molecular complexity index is 2310. The summed E-state index contributed by atoms with van der Waals surface area (Å²) in [6, 6.07) is 28.4. The largest absolute Gasteiger partial charge is 0.508 e. The quantitative estimate of drug-likeness (QED) is 0.0501. The molecule has 0 bridgehead atoms. The number of carbonyl (C=O) groups excluding carboxylic acids is 2. The second kappa shape index (κ2) is 20.4. The third-order valence-electron chi connectivity index (χ3n) is 11.8. The van der Waals surface area contributed by atoms with Gasteiger partial charge in [-0.2, -0.15) is 0 Å². The average Bonchev–Trinajstić information content (AvgIpc) is 3.91. The topological polar surface area (TPSA) is 156 Å². The van der Waals surface area contributed by atoms with E-state index >= 15 is 0 Å². The summed E-state index contributed by atoms with van der Waals surface area (Å²) in [6.07, 6.45) is 9.95. The number of nitrogens with two attached hydrogens (primary N) is 1. The van der Waals surface area contributed by atoms with Gasteiger partial charge in [0.1, 0.15) is 43.5 Å². The van der Waals surface area contributed by atoms with Crippen LogP contribution in [-0.2, 0) is 29.9 Å². The van der Waals surface area contributed by atoms with E-state index in [0.717, 1.165) is 40.8 Å². The third kappa shape index (κ3) is 10.4. The van der Waals surface area contributed by atoms with Crippen LogP contribution in [0.15, 0.2) is 110 Å². The molecular weight excluding hydrogens is 815 g/mol. The lowest BCUT2D eigenvalue weighted by Crippen LogP contribution is -2.67. The van der Waals surface area contributed by atoms with Gasteiger partial charge in [-0.3, -0.25) is 9.47 Å². The van der Waals surface area contributed by atoms with E-state index in [-0.39, 0.29) is 49.2 Å². The molecular formula is C48H57N7O7Si. The predicted octanol–water partition coefficient (Wildman–Crippen LogP) is 6.46. The highest BCUT2D eigenvalue weighted by molar-refractivity contribution is 6.99. The SMILES string of the molecule is C#Cc1ccc(CN(CCOC(=O)O[C@H]2C[C@H](n3cnc4c(N)ncnc43)O[C@@H]2CO[Si](c2ccccc2)(c2ccccc2)C(C)(C)C)CC2CCCCN2C(=O)OCC=C)cc1. The second-order valence-electron chi connectivity index (χ2n) is 17.0. The van der Waals surface area contributed by atoms with Crippen LogP contribution < -0.4 is 16.1 Å². The minimum absolute atomic E-state index is 0.0392. The van der Waals surface area contributed by atoms with Gasteiger partial charge < -0.3 is 34.0 Å². The van der Waals surface area contributed by atoms with Crippen molar-refractivity contribution in [1.29, 1.82) is 0 Å². The number of hydrogen-bond donors (Lipinski definition) is 1. The first-order chi connectivity index (χ1) is 30.5. The molecule has 15 heteroatoms. The molecule has 0 aliphatic carbocycles. The lowest BCUT2D eigenvalue weighted by atomic mass is 10.0. The van der Waals surface area contributed by atoms with Gasteiger partial charge in [0.05, 0.1) is 12.9 Å². The minimum atomic E-state index is -2.99. The third-order valence-corrected chi connectivity index (χ3v) is 16.8. The molecule has 2 aliphatic heterocycles. The van der Waals surface area contributed by atoms with E-state index in [4.69, 9.17) is 35.5 Å². The Morgan fingerprint density at radius 3 is 2.38 bits per heavy atom. The van der Waals surface area contributed by atoms with Crippen LogP contribution in [0.3, 0.4) is 0 Å². The van der Waals surface area contributed by atoms with Crippen LogP contribution in [-0.4, -0.2) is 108 Å². The number of ether oxygens (including phenoxy) is 4. The van der Waals surface area contributed by atoms with Crippen LogP contribution in [0.5, 0.6) is 0 Å². The maximum Gasteiger partial charge on any atom is 0.508 e. The van der Waals surface area contributed by atoms with Crippen molar-refractivity contribution >= 4 is 47.9 Å². The Hall–Kier alpha value is -6.05. The van der Waals surface area contributed by atoms with Gasteiger partial charge in [0.25, 0.3) is 8.32 Å². The molecule has 1 unspecified atom stereocenters. The van der Waals surface area contributed by atoms with Gasteiger partial charge in [0.2, 0.25) is 0 Å². The molecule has 0 spiro atoms. The van der Waals surface area contributed by atoms with Gasteiger partial charge in [-0.15, -0.1) is 6.42 Å². The summed E-state index contributed by atoms with van der Waals surface area (Å²) in [7, 11) is -2.99. The van der Waals surface area contributed by atoms with E-state index in [1.165, 1.54) is 6.33 Å². The molecule has 5 aromatic rings. The zero-order valence-corrected chi connectivity index (χ0v) is 37.3. The predicted molar refractivity (Wildman–Crippen MR) is 244 cm³/mol. The molecule has 1 amide bonds. The van der Waals surface area contributed by atoms with E-state index in [0.29, 0.717) is 37.3 Å². The van der Waals surface area contributed by atoms with E-state index in [1.807, 2.05) is 60.7 Å². The Labute approximate surface area is 370 Å². The highest BCUT2D eigenvalue weighted by Gasteiger charge is 2.52. The Balaban J connectivity index is 1.09. The summed E-state index contributed by atoms with van der Waals surface area (Å²) < 4.78 is 33.2. The van der Waals surface area contributed by atoms with Gasteiger partial charge >= 0.3 is 12.2 Å². The average molecular weight is 872 g/mol. The standard InChI is InChI=1S/C48H57N7O7Si/c1-6-27-58-46(56)54-25-15-14-16-37(54)31-53(30-36-23-21-35(7-2)22-24-36)26-28-59-47(57)62-40-29-42(55-34-52-43-44(49)50-33-51-45(43)55)61-41(40)32-60-63(48(3,4)5,38-17-10-8-11-18-38)39-19-12-9-13-20-39/h2,6,8-13,17-24,33-34,37,40-42H,1,14-16,25-32H2,3-5H3,(H2,49,50,51)/t37?,40-,41+,42+/m0/s1. The van der Waals surface area contributed by atoms with Crippen LogP contribution in [0.2, 0.25) is 5.04 Å². The first-order valence-corrected chi connectivity index (χ1v) is 23.4. The zero-order chi connectivity index (χ0) is 44.4. The molecule has 2 aliphatic rings. The number of carbonyl (C=O) groups is 2. The van der Waals surface area contributed by atoms with E-state index in [2.05, 4.69) is 77.4 Å². The molecule has 0 radical (unpaired) electrons. The molecule has 4 heterocycles. The van der Waals surface area contributed by atoms with E-state index < -0.39 is 32.9 Å². The van der Waals surface area contributed by atoms with Gasteiger partial charge in [-0.05, 0) is 52.4 Å². The van der Waals surface area contributed by atoms with E-state index in [9.17, 15) is 9.59 Å². The Kier molecular flexibility index (Phi) is 14.6. The van der Waals surface area contributed by atoms with Crippen molar-refractivity contribution in [3.63, 3.8) is 0 Å². The van der Waals surface area contributed by atoms with Crippen molar-refractivity contribution in [2.24, 2.45) is 0 Å². The molecule has 14 nitrogen and oxygen atoms in total. The summed E-state index contributed by atoms with van der Waals surface area (Å²) in [5.74, 6) is 2.92. The number of hydrogen-bond acceptors (Lipinski definition) is 12. The van der Waals surface area contributed by atoms with E-state index in [1.54, 1.807) is 21.9 Å². The molecule has 2 N–H and O–H groups in total. The van der Waals surface area contributed by atoms with Crippen LogP contribution in [0.4, 0.5) is 15.4 Å². The first-order valence-electron chi connectivity index (χ1n) is 21.5. The van der Waals surface area contributed by atoms with Crippen molar-refractivity contribution in [1.82, 2.24) is 29.3 Å². The summed E-state index contributed by atoms with van der Waals surface area (Å²) in [5, 5.41) is 1.93. The maximum atomic E-state index is 13.7. The number of anilines is 1. The van der Waals surface area contributed by atoms with Gasteiger partial charge in [-0.1, -0.05) is 112 Å². The Morgan fingerprint density at radius 1 is 1.00 bits per heavy atom. The number of nitrogens with zero attached hydrogens (tertiary/aromatic N) is 6. The smallest absolute Gasteiger partial charge is 0.445 e. The lowest BCUT2D eigenvalue weighted by molar-refractivity contribution is -0.0535. The fourth-order valence-electron chi connectivity index (χ4n) is 8.75. The summed E-state index contributed by atoms with van der Waals surface area (Å²) in [6.45, 7) is 12.7. The molecule has 2 fully saturated rings. The monoisotopic (exact) mass is 871 g/mol. The van der Waals surface area contributed by atoms with Crippen LogP contribution in [0.1, 0.15) is 63.8 Å². The number of piperidine rings is 1. The summed E-state index contributed by atoms with van der Waals surface area (Å²) in [5.41, 5.74) is 8.91. The number of imidazole rings is 1. The van der Waals surface area contributed by atoms with Gasteiger partial charge in [0.15, 0.2) is 11.5 Å². The van der Waals surface area contributed by atoms with Crippen molar-refractivity contribution < 1.29 is 33.0 Å². The Morgan fingerprint density at radius 2 is 1.71 bits per heavy atom. The zero-order valence-electron chi connectivity index (χ0n) is 36.3. The maximum absolute atomic E-state index is 13.7. The second-order valence-corrected chi connectivity index (χ2v) is 21.3. The van der Waals surface area contributed by atoms with Crippen LogP contribution in [0.25, 0.3) is 11.2 Å². The molecule has 2 saturated heterocycles. The lowest BCUT2D eigenvalue weighted by Gasteiger charge is -2.43. The van der Waals surface area contributed by atoms with Crippen molar-refractivity contribution in [3.05, 3.63) is 121 Å². The van der Waals surface area contributed by atoms with Crippen molar-refractivity contribution in [3.8, 4) is 12.3 Å². The highest BCUT2D eigenvalue weighted by atomic mass is 28.4. The summed E-state index contributed by atoms with van der Waals surface area (Å²) in [4.78, 5) is 43.8. The highest BCUT2D eigenvalue weighted by Crippen LogP contribution is 2.39. The number of amides is 1. The minimum Gasteiger partial charge on any atom is -0.445 e. The molecule has 0 saturated carbocycles. The first kappa shape index (κ1) is 45.0. The normalized spacial score (nSPS) is 19.1. The fourth-order valence-corrected chi connectivity index (χ4v) is 13.3. The summed E-state index contributed by atoms with van der Waals surface area (Å²) >= 11 is 0. The van der Waals surface area contributed by atoms with Crippen molar-refractivity contribution in [2.75, 3.05) is 45.2 Å². The number of benzene rings is 3. The van der Waals surface area contributed by atoms with Crippen LogP contribution >= 0.6 is 0 Å². The molecule has 7 rings (SSSR count). The van der Waals surface area contributed by atoms with Gasteiger partial charge in [0, 0.05) is 44.2 Å². The number of nitrogen functional groups attached to an aromatic ring is 1. The number of fused-ring (bicyclic) bond motifs is 1.